The van der Waals surface area contributed by atoms with Crippen molar-refractivity contribution in [3.8, 4) is 11.5 Å². The zero-order valence-corrected chi connectivity index (χ0v) is 12.1. The van der Waals surface area contributed by atoms with Crippen LogP contribution in [-0.2, 0) is 0 Å². The standard InChI is InChI=1S/C17H23NO2/c1-11(13-4-5-16-17(8-13)20-10-19-16)18-9-15-7-12-2-3-14(15)6-12/h4-5,8,11-12,14-15,18H,2-3,6-7,9-10H2,1H3. The molecule has 3 heteroatoms. The SMILES string of the molecule is CC(NCC1CC2CCC1C2)c1ccc2c(c1)OCO2. The van der Waals surface area contributed by atoms with Gasteiger partial charge in [-0.25, -0.2) is 0 Å². The van der Waals surface area contributed by atoms with Gasteiger partial charge in [-0.3, -0.25) is 0 Å². The van der Waals surface area contributed by atoms with Gasteiger partial charge in [-0.05, 0) is 68.2 Å². The van der Waals surface area contributed by atoms with Gasteiger partial charge in [0.15, 0.2) is 11.5 Å². The summed E-state index contributed by atoms with van der Waals surface area (Å²) in [6.07, 6.45) is 5.89. The number of ether oxygens (including phenoxy) is 2. The van der Waals surface area contributed by atoms with Gasteiger partial charge in [-0.15, -0.1) is 0 Å². The summed E-state index contributed by atoms with van der Waals surface area (Å²) in [5.41, 5.74) is 1.29. The fourth-order valence-electron chi connectivity index (χ4n) is 4.25. The van der Waals surface area contributed by atoms with Crippen molar-refractivity contribution in [1.82, 2.24) is 5.32 Å². The Bertz CT molecular complexity index is 502. The Morgan fingerprint density at radius 3 is 2.90 bits per heavy atom. The van der Waals surface area contributed by atoms with Crippen molar-refractivity contribution < 1.29 is 9.47 Å². The van der Waals surface area contributed by atoms with Crippen molar-refractivity contribution in [3.63, 3.8) is 0 Å². The second-order valence-electron chi connectivity index (χ2n) is 6.68. The Balaban J connectivity index is 1.37. The normalized spacial score (nSPS) is 31.8. The van der Waals surface area contributed by atoms with Crippen LogP contribution in [0.3, 0.4) is 0 Å². The van der Waals surface area contributed by atoms with E-state index < -0.39 is 0 Å². The lowest BCUT2D eigenvalue weighted by Crippen LogP contribution is -2.28. The van der Waals surface area contributed by atoms with Crippen molar-refractivity contribution in [2.24, 2.45) is 17.8 Å². The molecule has 2 fully saturated rings. The van der Waals surface area contributed by atoms with Crippen molar-refractivity contribution in [3.05, 3.63) is 23.8 Å². The minimum atomic E-state index is 0.353. The maximum absolute atomic E-state index is 5.46. The molecule has 3 aliphatic rings. The predicted octanol–water partition coefficient (Wildman–Crippen LogP) is 3.50. The molecule has 2 bridgehead atoms. The van der Waals surface area contributed by atoms with Gasteiger partial charge in [0.25, 0.3) is 0 Å². The van der Waals surface area contributed by atoms with E-state index in [2.05, 4.69) is 24.4 Å². The molecule has 4 unspecified atom stereocenters. The van der Waals surface area contributed by atoms with E-state index >= 15 is 0 Å². The maximum atomic E-state index is 5.46. The highest BCUT2D eigenvalue weighted by molar-refractivity contribution is 5.45. The molecule has 20 heavy (non-hydrogen) atoms. The predicted molar refractivity (Wildman–Crippen MR) is 77.9 cm³/mol. The smallest absolute Gasteiger partial charge is 0.231 e. The molecule has 2 saturated carbocycles. The van der Waals surface area contributed by atoms with Gasteiger partial charge in [0.1, 0.15) is 0 Å². The zero-order chi connectivity index (χ0) is 13.5. The van der Waals surface area contributed by atoms with E-state index in [1.165, 1.54) is 31.2 Å². The molecular weight excluding hydrogens is 250 g/mol. The third kappa shape index (κ3) is 2.18. The van der Waals surface area contributed by atoms with Crippen molar-refractivity contribution in [1.29, 1.82) is 0 Å². The maximum Gasteiger partial charge on any atom is 0.231 e. The van der Waals surface area contributed by atoms with Gasteiger partial charge >= 0.3 is 0 Å². The van der Waals surface area contributed by atoms with Crippen LogP contribution in [0.4, 0.5) is 0 Å². The molecule has 0 amide bonds. The van der Waals surface area contributed by atoms with Gasteiger partial charge in [-0.2, -0.15) is 0 Å². The molecule has 0 spiro atoms. The van der Waals surface area contributed by atoms with Gasteiger partial charge in [0, 0.05) is 6.04 Å². The summed E-state index contributed by atoms with van der Waals surface area (Å²) in [7, 11) is 0. The molecule has 108 valence electrons. The van der Waals surface area contributed by atoms with Crippen molar-refractivity contribution >= 4 is 0 Å². The molecule has 1 N–H and O–H groups in total. The Kier molecular flexibility index (Phi) is 3.10. The van der Waals surface area contributed by atoms with Gasteiger partial charge in [-0.1, -0.05) is 12.5 Å². The van der Waals surface area contributed by atoms with Crippen LogP contribution in [0.2, 0.25) is 0 Å². The van der Waals surface area contributed by atoms with E-state index in [-0.39, 0.29) is 0 Å². The summed E-state index contributed by atoms with van der Waals surface area (Å²) >= 11 is 0. The number of nitrogens with one attached hydrogen (secondary N) is 1. The minimum absolute atomic E-state index is 0.353. The van der Waals surface area contributed by atoms with Crippen LogP contribution < -0.4 is 14.8 Å². The summed E-state index contributed by atoms with van der Waals surface area (Å²) in [6, 6.07) is 6.66. The van der Waals surface area contributed by atoms with E-state index in [9.17, 15) is 0 Å². The van der Waals surface area contributed by atoms with Crippen LogP contribution in [0.5, 0.6) is 11.5 Å². The molecule has 2 aliphatic carbocycles. The lowest BCUT2D eigenvalue weighted by atomic mass is 9.88. The highest BCUT2D eigenvalue weighted by atomic mass is 16.7. The monoisotopic (exact) mass is 273 g/mol. The van der Waals surface area contributed by atoms with E-state index in [4.69, 9.17) is 9.47 Å². The Hall–Kier alpha value is -1.22. The summed E-state index contributed by atoms with van der Waals surface area (Å²) in [5.74, 6) is 4.69. The molecule has 1 aromatic carbocycles. The van der Waals surface area contributed by atoms with E-state index in [1.807, 2.05) is 6.07 Å². The minimum Gasteiger partial charge on any atom is -0.454 e. The van der Waals surface area contributed by atoms with Crippen LogP contribution in [0.15, 0.2) is 18.2 Å². The van der Waals surface area contributed by atoms with Crippen molar-refractivity contribution in [2.75, 3.05) is 13.3 Å². The van der Waals surface area contributed by atoms with E-state index in [0.29, 0.717) is 12.8 Å². The number of fused-ring (bicyclic) bond motifs is 3. The molecule has 1 heterocycles. The molecule has 0 aromatic heterocycles. The molecular formula is C17H23NO2. The summed E-state index contributed by atoms with van der Waals surface area (Å²) in [4.78, 5) is 0. The number of hydrogen-bond donors (Lipinski definition) is 1. The number of hydrogen-bond acceptors (Lipinski definition) is 3. The van der Waals surface area contributed by atoms with E-state index in [1.54, 1.807) is 0 Å². The van der Waals surface area contributed by atoms with E-state index in [0.717, 1.165) is 35.8 Å². The molecule has 3 nitrogen and oxygen atoms in total. The van der Waals surface area contributed by atoms with Crippen LogP contribution in [0.1, 0.15) is 44.2 Å². The Morgan fingerprint density at radius 2 is 2.10 bits per heavy atom. The second-order valence-corrected chi connectivity index (χ2v) is 6.68. The van der Waals surface area contributed by atoms with Gasteiger partial charge in [0.05, 0.1) is 0 Å². The zero-order valence-electron chi connectivity index (χ0n) is 12.1. The first-order chi connectivity index (χ1) is 9.79. The van der Waals surface area contributed by atoms with Crippen molar-refractivity contribution in [2.45, 2.75) is 38.6 Å². The van der Waals surface area contributed by atoms with Crippen LogP contribution in [-0.4, -0.2) is 13.3 Å². The molecule has 4 rings (SSSR count). The topological polar surface area (TPSA) is 30.5 Å². The molecule has 4 atom stereocenters. The lowest BCUT2D eigenvalue weighted by molar-refractivity contribution is 0.174. The molecule has 1 aliphatic heterocycles. The molecule has 0 saturated heterocycles. The summed E-state index contributed by atoms with van der Waals surface area (Å²) in [5, 5.41) is 3.72. The average Bonchev–Trinajstić information content (AvgIpc) is 3.19. The first-order valence-electron chi connectivity index (χ1n) is 7.92. The average molecular weight is 273 g/mol. The van der Waals surface area contributed by atoms with Gasteiger partial charge < -0.3 is 14.8 Å². The fraction of sp³-hybridized carbons (Fsp3) is 0.647. The highest BCUT2D eigenvalue weighted by Crippen LogP contribution is 2.48. The van der Waals surface area contributed by atoms with Crippen LogP contribution in [0.25, 0.3) is 0 Å². The van der Waals surface area contributed by atoms with Crippen LogP contribution in [0, 0.1) is 17.8 Å². The third-order valence-electron chi connectivity index (χ3n) is 5.47. The molecule has 0 radical (unpaired) electrons. The van der Waals surface area contributed by atoms with Crippen LogP contribution >= 0.6 is 0 Å². The Morgan fingerprint density at radius 1 is 1.20 bits per heavy atom. The number of rotatable bonds is 4. The Labute approximate surface area is 120 Å². The summed E-state index contributed by atoms with van der Waals surface area (Å²) < 4.78 is 10.8. The third-order valence-corrected chi connectivity index (χ3v) is 5.47. The highest BCUT2D eigenvalue weighted by Gasteiger charge is 2.39. The molecule has 1 aromatic rings. The fourth-order valence-corrected chi connectivity index (χ4v) is 4.25. The second kappa shape index (κ2) is 4.96. The lowest BCUT2D eigenvalue weighted by Gasteiger charge is -2.24. The largest absolute Gasteiger partial charge is 0.454 e. The quantitative estimate of drug-likeness (QED) is 0.910. The first-order valence-corrected chi connectivity index (χ1v) is 7.92. The summed E-state index contributed by atoms with van der Waals surface area (Å²) in [6.45, 7) is 3.76. The first kappa shape index (κ1) is 12.5. The number of benzene rings is 1. The van der Waals surface area contributed by atoms with Gasteiger partial charge in [0.2, 0.25) is 6.79 Å².